The average molecular weight is 381 g/mol. The van der Waals surface area contributed by atoms with E-state index in [1.165, 1.54) is 6.92 Å². The molecule has 0 saturated carbocycles. The molecule has 3 amide bonds. The van der Waals surface area contributed by atoms with E-state index in [-0.39, 0.29) is 17.1 Å². The fourth-order valence-corrected chi connectivity index (χ4v) is 3.45. The van der Waals surface area contributed by atoms with E-state index in [0.29, 0.717) is 16.3 Å². The molecule has 1 heterocycles. The zero-order chi connectivity index (χ0) is 19.6. The number of carbonyl (C=O) groups is 3. The van der Waals surface area contributed by atoms with Gasteiger partial charge >= 0.3 is 0 Å². The molecule has 7 heteroatoms. The number of rotatable bonds is 4. The van der Waals surface area contributed by atoms with E-state index in [0.717, 1.165) is 27.9 Å². The lowest BCUT2D eigenvalue weighted by Crippen LogP contribution is -2.27. The Kier molecular flexibility index (Phi) is 5.32. The minimum Gasteiger partial charge on any atom is -0.378 e. The Labute approximate surface area is 161 Å². The van der Waals surface area contributed by atoms with Crippen molar-refractivity contribution in [1.82, 2.24) is 0 Å². The van der Waals surface area contributed by atoms with Crippen molar-refractivity contribution in [3.8, 4) is 0 Å². The summed E-state index contributed by atoms with van der Waals surface area (Å²) in [5, 5.41) is 2.31. The average Bonchev–Trinajstić information content (AvgIpc) is 2.89. The molecule has 27 heavy (non-hydrogen) atoms. The number of hydrogen-bond donors (Lipinski definition) is 1. The maximum atomic E-state index is 12.7. The van der Waals surface area contributed by atoms with Crippen LogP contribution in [0, 0.1) is 0 Å². The molecule has 2 aromatic rings. The van der Waals surface area contributed by atoms with Crippen LogP contribution in [0.3, 0.4) is 0 Å². The lowest BCUT2D eigenvalue weighted by Gasteiger charge is -2.13. The van der Waals surface area contributed by atoms with E-state index in [1.807, 2.05) is 43.3 Å². The summed E-state index contributed by atoms with van der Waals surface area (Å²) in [7, 11) is 3.91. The van der Waals surface area contributed by atoms with Gasteiger partial charge in [-0.2, -0.15) is 0 Å². The number of anilines is 3. The van der Waals surface area contributed by atoms with Crippen LogP contribution >= 0.6 is 11.8 Å². The fraction of sp³-hybridized carbons (Fsp3) is 0.150. The number of benzene rings is 2. The van der Waals surface area contributed by atoms with Gasteiger partial charge in [0.2, 0.25) is 5.91 Å². The molecule has 1 aliphatic heterocycles. The first-order chi connectivity index (χ1) is 12.8. The summed E-state index contributed by atoms with van der Waals surface area (Å²) in [4.78, 5) is 39.6. The van der Waals surface area contributed by atoms with Gasteiger partial charge in [-0.3, -0.25) is 14.4 Å². The van der Waals surface area contributed by atoms with Crippen molar-refractivity contribution in [2.24, 2.45) is 0 Å². The smallest absolute Gasteiger partial charge is 0.298 e. The van der Waals surface area contributed by atoms with Crippen LogP contribution in [0.15, 0.2) is 53.4 Å². The highest BCUT2D eigenvalue weighted by molar-refractivity contribution is 8.19. The summed E-state index contributed by atoms with van der Waals surface area (Å²) < 4.78 is 0. The van der Waals surface area contributed by atoms with Crippen LogP contribution in [0.4, 0.5) is 21.9 Å². The molecule has 0 aromatic heterocycles. The van der Waals surface area contributed by atoms with Crippen molar-refractivity contribution in [3.63, 3.8) is 0 Å². The topological polar surface area (TPSA) is 69.7 Å². The first-order valence-corrected chi connectivity index (χ1v) is 9.10. The predicted octanol–water partition coefficient (Wildman–Crippen LogP) is 3.95. The minimum atomic E-state index is -0.353. The molecule has 0 aliphatic carbocycles. The lowest BCUT2D eigenvalue weighted by molar-refractivity contribution is -0.114. The van der Waals surface area contributed by atoms with Gasteiger partial charge in [0.1, 0.15) is 0 Å². The monoisotopic (exact) mass is 381 g/mol. The number of amides is 3. The first kappa shape index (κ1) is 18.7. The predicted molar refractivity (Wildman–Crippen MR) is 110 cm³/mol. The van der Waals surface area contributed by atoms with Crippen molar-refractivity contribution in [2.75, 3.05) is 29.2 Å². The van der Waals surface area contributed by atoms with Gasteiger partial charge in [0.25, 0.3) is 11.1 Å². The van der Waals surface area contributed by atoms with E-state index in [2.05, 4.69) is 5.32 Å². The number of nitrogens with zero attached hydrogens (tertiary/aromatic N) is 2. The highest BCUT2D eigenvalue weighted by Crippen LogP contribution is 2.36. The van der Waals surface area contributed by atoms with Crippen LogP contribution < -0.4 is 15.1 Å². The van der Waals surface area contributed by atoms with Gasteiger partial charge in [0.05, 0.1) is 10.6 Å². The highest BCUT2D eigenvalue weighted by Gasteiger charge is 2.36. The zero-order valence-corrected chi connectivity index (χ0v) is 16.0. The number of imide groups is 1. The Hall–Kier alpha value is -3.06. The van der Waals surface area contributed by atoms with Gasteiger partial charge in [-0.25, -0.2) is 4.90 Å². The number of thioether (sulfide) groups is 1. The van der Waals surface area contributed by atoms with Crippen LogP contribution in [0.2, 0.25) is 0 Å². The van der Waals surface area contributed by atoms with Crippen molar-refractivity contribution in [3.05, 3.63) is 59.0 Å². The Balaban J connectivity index is 1.81. The Morgan fingerprint density at radius 3 is 2.22 bits per heavy atom. The third-order valence-corrected chi connectivity index (χ3v) is 4.82. The quantitative estimate of drug-likeness (QED) is 0.812. The molecule has 3 rings (SSSR count). The molecular formula is C20H19N3O3S. The zero-order valence-electron chi connectivity index (χ0n) is 15.2. The van der Waals surface area contributed by atoms with E-state index < -0.39 is 0 Å². The van der Waals surface area contributed by atoms with Crippen molar-refractivity contribution < 1.29 is 14.4 Å². The van der Waals surface area contributed by atoms with Crippen LogP contribution in [-0.2, 0) is 9.59 Å². The highest BCUT2D eigenvalue weighted by atomic mass is 32.2. The van der Waals surface area contributed by atoms with Gasteiger partial charge < -0.3 is 10.2 Å². The second kappa shape index (κ2) is 7.67. The number of nitrogens with one attached hydrogen (secondary N) is 1. The van der Waals surface area contributed by atoms with Gasteiger partial charge in [-0.1, -0.05) is 12.1 Å². The maximum Gasteiger partial charge on any atom is 0.298 e. The SMILES string of the molecule is CC(=O)Nc1ccc(N2C(=O)S/C(=C\c3ccc(N(C)C)cc3)C2=O)cc1. The van der Waals surface area contributed by atoms with E-state index >= 15 is 0 Å². The molecule has 0 radical (unpaired) electrons. The van der Waals surface area contributed by atoms with Crippen LogP contribution in [-0.4, -0.2) is 31.1 Å². The van der Waals surface area contributed by atoms with Crippen molar-refractivity contribution >= 4 is 52.0 Å². The minimum absolute atomic E-state index is 0.183. The Morgan fingerprint density at radius 1 is 1.04 bits per heavy atom. The molecule has 6 nitrogen and oxygen atoms in total. The molecule has 0 spiro atoms. The Morgan fingerprint density at radius 2 is 1.67 bits per heavy atom. The fourth-order valence-electron chi connectivity index (χ4n) is 2.61. The van der Waals surface area contributed by atoms with E-state index in [9.17, 15) is 14.4 Å². The summed E-state index contributed by atoms with van der Waals surface area (Å²) >= 11 is 0.915. The van der Waals surface area contributed by atoms with E-state index in [4.69, 9.17) is 0 Å². The molecule has 0 atom stereocenters. The molecular weight excluding hydrogens is 362 g/mol. The van der Waals surface area contributed by atoms with Crippen molar-refractivity contribution in [1.29, 1.82) is 0 Å². The molecule has 0 unspecified atom stereocenters. The second-order valence-corrected chi connectivity index (χ2v) is 7.22. The van der Waals surface area contributed by atoms with E-state index in [1.54, 1.807) is 30.3 Å². The first-order valence-electron chi connectivity index (χ1n) is 8.28. The third kappa shape index (κ3) is 4.20. The maximum absolute atomic E-state index is 12.7. The number of hydrogen-bond acceptors (Lipinski definition) is 5. The van der Waals surface area contributed by atoms with Crippen LogP contribution in [0.5, 0.6) is 0 Å². The van der Waals surface area contributed by atoms with Gasteiger partial charge in [-0.05, 0) is 59.8 Å². The van der Waals surface area contributed by atoms with Gasteiger partial charge in [0.15, 0.2) is 0 Å². The second-order valence-electron chi connectivity index (χ2n) is 6.23. The largest absolute Gasteiger partial charge is 0.378 e. The van der Waals surface area contributed by atoms with Gasteiger partial charge in [-0.15, -0.1) is 0 Å². The molecule has 0 bridgehead atoms. The summed E-state index contributed by atoms with van der Waals surface area (Å²) in [5.74, 6) is -0.536. The molecule has 1 fully saturated rings. The Bertz CT molecular complexity index is 918. The van der Waals surface area contributed by atoms with Crippen LogP contribution in [0.25, 0.3) is 6.08 Å². The molecule has 2 aromatic carbocycles. The number of carbonyl (C=O) groups excluding carboxylic acids is 3. The molecule has 1 saturated heterocycles. The molecule has 1 aliphatic rings. The summed E-state index contributed by atoms with van der Waals surface area (Å²) in [6.45, 7) is 1.42. The summed E-state index contributed by atoms with van der Waals surface area (Å²) in [6, 6.07) is 14.3. The molecule has 138 valence electrons. The summed E-state index contributed by atoms with van der Waals surface area (Å²) in [6.07, 6.45) is 1.72. The normalized spacial score (nSPS) is 15.4. The van der Waals surface area contributed by atoms with Crippen LogP contribution in [0.1, 0.15) is 12.5 Å². The lowest BCUT2D eigenvalue weighted by atomic mass is 10.2. The summed E-state index contributed by atoms with van der Waals surface area (Å²) in [5.41, 5.74) is 2.99. The van der Waals surface area contributed by atoms with Crippen molar-refractivity contribution in [2.45, 2.75) is 6.92 Å². The molecule has 1 N–H and O–H groups in total. The third-order valence-electron chi connectivity index (χ3n) is 3.95. The standard InChI is InChI=1S/C20H19N3O3S/c1-13(24)21-15-6-10-17(11-7-15)23-19(25)18(27-20(23)26)12-14-4-8-16(9-5-14)22(2)3/h4-12H,1-3H3,(H,21,24)/b18-12-. The van der Waals surface area contributed by atoms with Gasteiger partial charge in [0, 0.05) is 32.4 Å².